The molecule has 2 N–H and O–H groups in total. The van der Waals surface area contributed by atoms with Gasteiger partial charge in [0, 0.05) is 10.5 Å². The van der Waals surface area contributed by atoms with Gasteiger partial charge in [-0.05, 0) is 23.4 Å². The maximum atomic E-state index is 11.4. The Kier molecular flexibility index (Phi) is 1.99. The summed E-state index contributed by atoms with van der Waals surface area (Å²) in [6, 6.07) is 3.53. The molecule has 0 amide bonds. The molecule has 0 fully saturated rings. The van der Waals surface area contributed by atoms with Gasteiger partial charge in [-0.15, -0.1) is 0 Å². The molecule has 72 valence electrons. The first-order chi connectivity index (χ1) is 6.58. The summed E-state index contributed by atoms with van der Waals surface area (Å²) >= 11 is 3.30. The highest BCUT2D eigenvalue weighted by Crippen LogP contribution is 2.19. The standard InChI is InChI=1S/C8H7BrN4O/c1-4-2-5(9)3-6-7(4)11-8(10)12-13(6)14/h2-3H,1H3,(H2,10,11,12). The van der Waals surface area contributed by atoms with Crippen LogP contribution in [0.4, 0.5) is 5.95 Å². The number of hydrogen-bond acceptors (Lipinski definition) is 4. The van der Waals surface area contributed by atoms with E-state index in [1.54, 1.807) is 6.07 Å². The number of rotatable bonds is 0. The molecule has 14 heavy (non-hydrogen) atoms. The van der Waals surface area contributed by atoms with Gasteiger partial charge in [0.15, 0.2) is 0 Å². The van der Waals surface area contributed by atoms with Crippen LogP contribution in [0.1, 0.15) is 5.56 Å². The lowest BCUT2D eigenvalue weighted by atomic mass is 10.2. The van der Waals surface area contributed by atoms with Crippen LogP contribution in [-0.4, -0.2) is 10.1 Å². The van der Waals surface area contributed by atoms with Crippen molar-refractivity contribution in [2.75, 3.05) is 5.73 Å². The zero-order valence-electron chi connectivity index (χ0n) is 7.36. The number of nitrogens with two attached hydrogens (primary N) is 1. The van der Waals surface area contributed by atoms with Gasteiger partial charge in [0.05, 0.1) is 5.10 Å². The van der Waals surface area contributed by atoms with E-state index in [-0.39, 0.29) is 5.95 Å². The Hall–Kier alpha value is -1.43. The van der Waals surface area contributed by atoms with E-state index >= 15 is 0 Å². The average molecular weight is 255 g/mol. The molecule has 0 unspecified atom stereocenters. The summed E-state index contributed by atoms with van der Waals surface area (Å²) in [7, 11) is 0. The van der Waals surface area contributed by atoms with Crippen molar-refractivity contribution in [3.63, 3.8) is 0 Å². The second-order valence-corrected chi connectivity index (χ2v) is 3.85. The van der Waals surface area contributed by atoms with Gasteiger partial charge in [-0.25, -0.2) is 4.98 Å². The zero-order chi connectivity index (χ0) is 10.3. The van der Waals surface area contributed by atoms with E-state index in [2.05, 4.69) is 26.0 Å². The first kappa shape index (κ1) is 9.14. The third kappa shape index (κ3) is 1.37. The van der Waals surface area contributed by atoms with E-state index in [1.165, 1.54) is 0 Å². The van der Waals surface area contributed by atoms with Gasteiger partial charge >= 0.3 is 0 Å². The highest BCUT2D eigenvalue weighted by molar-refractivity contribution is 9.10. The smallest absolute Gasteiger partial charge is 0.288 e. The molecule has 1 heterocycles. The highest BCUT2D eigenvalue weighted by atomic mass is 79.9. The summed E-state index contributed by atoms with van der Waals surface area (Å²) in [5.41, 5.74) is 7.25. The molecule has 0 atom stereocenters. The molecular weight excluding hydrogens is 248 g/mol. The van der Waals surface area contributed by atoms with Crippen molar-refractivity contribution in [1.29, 1.82) is 0 Å². The fraction of sp³-hybridized carbons (Fsp3) is 0.125. The Labute approximate surface area is 88.3 Å². The fourth-order valence-corrected chi connectivity index (χ4v) is 1.85. The first-order valence-corrected chi connectivity index (χ1v) is 4.70. The highest BCUT2D eigenvalue weighted by Gasteiger charge is 2.11. The number of nitrogens with zero attached hydrogens (tertiary/aromatic N) is 3. The molecule has 0 bridgehead atoms. The molecule has 0 saturated carbocycles. The normalized spacial score (nSPS) is 10.7. The number of benzene rings is 1. The summed E-state index contributed by atoms with van der Waals surface area (Å²) in [4.78, 5) is 4.48. The van der Waals surface area contributed by atoms with Gasteiger partial charge in [-0.3, -0.25) is 0 Å². The summed E-state index contributed by atoms with van der Waals surface area (Å²) in [6.07, 6.45) is 0. The lowest BCUT2D eigenvalue weighted by Crippen LogP contribution is -2.33. The maximum Gasteiger partial charge on any atom is 0.288 e. The van der Waals surface area contributed by atoms with Gasteiger partial charge in [-0.1, -0.05) is 15.9 Å². The van der Waals surface area contributed by atoms with Crippen LogP contribution in [0.2, 0.25) is 0 Å². The minimum atomic E-state index is -0.0158. The van der Waals surface area contributed by atoms with Crippen LogP contribution in [0.5, 0.6) is 0 Å². The first-order valence-electron chi connectivity index (χ1n) is 3.91. The molecule has 1 aromatic carbocycles. The lowest BCUT2D eigenvalue weighted by molar-refractivity contribution is -0.641. The molecule has 1 aromatic heterocycles. The second-order valence-electron chi connectivity index (χ2n) is 2.93. The van der Waals surface area contributed by atoms with Crippen molar-refractivity contribution < 1.29 is 4.85 Å². The zero-order valence-corrected chi connectivity index (χ0v) is 8.95. The third-order valence-electron chi connectivity index (χ3n) is 1.87. The van der Waals surface area contributed by atoms with Crippen molar-refractivity contribution in [3.05, 3.63) is 27.4 Å². The molecule has 0 saturated heterocycles. The molecule has 0 aliphatic rings. The van der Waals surface area contributed by atoms with E-state index in [0.717, 1.165) is 10.0 Å². The summed E-state index contributed by atoms with van der Waals surface area (Å²) in [6.45, 7) is 1.86. The minimum absolute atomic E-state index is 0.0158. The van der Waals surface area contributed by atoms with E-state index in [1.807, 2.05) is 13.0 Å². The maximum absolute atomic E-state index is 11.4. The van der Waals surface area contributed by atoms with Crippen LogP contribution in [0.25, 0.3) is 11.0 Å². The molecule has 2 rings (SSSR count). The predicted molar refractivity (Wildman–Crippen MR) is 55.3 cm³/mol. The topological polar surface area (TPSA) is 78.7 Å². The molecule has 0 spiro atoms. The third-order valence-corrected chi connectivity index (χ3v) is 2.33. The molecule has 0 aliphatic carbocycles. The molecule has 5 nitrogen and oxygen atoms in total. The minimum Gasteiger partial charge on any atom is -0.594 e. The molecule has 6 heteroatoms. The Bertz CT molecular complexity index is 467. The number of hydrogen-bond donors (Lipinski definition) is 1. The number of aromatic nitrogens is 3. The van der Waals surface area contributed by atoms with Crippen molar-refractivity contribution in [2.24, 2.45) is 0 Å². The van der Waals surface area contributed by atoms with Crippen LogP contribution < -0.4 is 10.6 Å². The van der Waals surface area contributed by atoms with E-state index in [0.29, 0.717) is 15.9 Å². The SMILES string of the molecule is Cc1cc(Br)cc2c1nc(N)n[n+]2[O-]. The Balaban J connectivity index is 2.94. The summed E-state index contributed by atoms with van der Waals surface area (Å²) in [5, 5.41) is 14.9. The predicted octanol–water partition coefficient (Wildman–Crippen LogP) is 0.916. The quantitative estimate of drug-likeness (QED) is 0.560. The van der Waals surface area contributed by atoms with Crippen LogP contribution in [0.15, 0.2) is 16.6 Å². The average Bonchev–Trinajstić information content (AvgIpc) is 2.07. The van der Waals surface area contributed by atoms with Crippen LogP contribution in [0.3, 0.4) is 0 Å². The fourth-order valence-electron chi connectivity index (χ4n) is 1.29. The summed E-state index contributed by atoms with van der Waals surface area (Å²) in [5.74, 6) is -0.0158. The number of aryl methyl sites for hydroxylation is 1. The Morgan fingerprint density at radius 1 is 1.50 bits per heavy atom. The number of halogens is 1. The van der Waals surface area contributed by atoms with Gasteiger partial charge < -0.3 is 10.9 Å². The van der Waals surface area contributed by atoms with Crippen LogP contribution in [-0.2, 0) is 0 Å². The number of anilines is 1. The van der Waals surface area contributed by atoms with Gasteiger partial charge in [-0.2, -0.15) is 0 Å². The number of nitrogen functional groups attached to an aromatic ring is 1. The van der Waals surface area contributed by atoms with Crippen molar-refractivity contribution in [2.45, 2.75) is 6.92 Å². The molecule has 0 radical (unpaired) electrons. The van der Waals surface area contributed by atoms with E-state index in [9.17, 15) is 5.21 Å². The van der Waals surface area contributed by atoms with E-state index in [4.69, 9.17) is 5.73 Å². The molecular formula is C8H7BrN4O. The van der Waals surface area contributed by atoms with Crippen molar-refractivity contribution in [3.8, 4) is 0 Å². The summed E-state index contributed by atoms with van der Waals surface area (Å²) < 4.78 is 0.820. The van der Waals surface area contributed by atoms with Crippen molar-refractivity contribution >= 4 is 32.9 Å². The van der Waals surface area contributed by atoms with E-state index < -0.39 is 0 Å². The Morgan fingerprint density at radius 2 is 2.21 bits per heavy atom. The van der Waals surface area contributed by atoms with Crippen molar-refractivity contribution in [1.82, 2.24) is 10.1 Å². The monoisotopic (exact) mass is 254 g/mol. The van der Waals surface area contributed by atoms with Gasteiger partial charge in [0.25, 0.3) is 11.5 Å². The second kappa shape index (κ2) is 3.06. The van der Waals surface area contributed by atoms with Gasteiger partial charge in [0.2, 0.25) is 0 Å². The molecule has 2 aromatic rings. The molecule has 0 aliphatic heterocycles. The Morgan fingerprint density at radius 3 is 2.93 bits per heavy atom. The van der Waals surface area contributed by atoms with Crippen LogP contribution in [0, 0.1) is 12.1 Å². The lowest BCUT2D eigenvalue weighted by Gasteiger charge is -2.02. The largest absolute Gasteiger partial charge is 0.594 e. The van der Waals surface area contributed by atoms with Crippen LogP contribution >= 0.6 is 15.9 Å². The van der Waals surface area contributed by atoms with Gasteiger partial charge in [0.1, 0.15) is 5.52 Å². The number of fused-ring (bicyclic) bond motifs is 1.